The second-order valence-electron chi connectivity index (χ2n) is 5.95. The zero-order valence-corrected chi connectivity index (χ0v) is 12.5. The van der Waals surface area contributed by atoms with Crippen molar-refractivity contribution in [2.75, 3.05) is 45.8 Å². The first-order chi connectivity index (χ1) is 9.24. The van der Waals surface area contributed by atoms with Crippen LogP contribution in [0.4, 0.5) is 0 Å². The van der Waals surface area contributed by atoms with Crippen LogP contribution in [0.5, 0.6) is 0 Å². The van der Waals surface area contributed by atoms with Gasteiger partial charge in [-0.05, 0) is 45.8 Å². The first-order valence-corrected chi connectivity index (χ1v) is 7.84. The van der Waals surface area contributed by atoms with Crippen molar-refractivity contribution >= 4 is 0 Å². The lowest BCUT2D eigenvalue weighted by Crippen LogP contribution is -2.54. The summed E-state index contributed by atoms with van der Waals surface area (Å²) in [7, 11) is 0. The Morgan fingerprint density at radius 3 is 2.26 bits per heavy atom. The van der Waals surface area contributed by atoms with Gasteiger partial charge in [0.05, 0.1) is 12.1 Å². The summed E-state index contributed by atoms with van der Waals surface area (Å²) in [5.41, 5.74) is 0. The predicted octanol–water partition coefficient (Wildman–Crippen LogP) is 1.39. The molecule has 2 heterocycles. The van der Waals surface area contributed by atoms with E-state index in [1.807, 2.05) is 6.92 Å². The summed E-state index contributed by atoms with van der Waals surface area (Å²) in [6.07, 6.45) is 3.93. The third kappa shape index (κ3) is 3.92. The summed E-state index contributed by atoms with van der Waals surface area (Å²) in [6, 6.07) is 3.21. The maximum absolute atomic E-state index is 8.97. The van der Waals surface area contributed by atoms with E-state index in [-0.39, 0.29) is 6.04 Å². The number of hydrogen-bond acceptors (Lipinski definition) is 4. The average molecular weight is 264 g/mol. The van der Waals surface area contributed by atoms with Gasteiger partial charge < -0.3 is 4.90 Å². The van der Waals surface area contributed by atoms with Crippen LogP contribution in [-0.2, 0) is 0 Å². The fraction of sp³-hybridized carbons (Fsp3) is 0.933. The quantitative estimate of drug-likeness (QED) is 0.768. The molecule has 4 heteroatoms. The van der Waals surface area contributed by atoms with E-state index in [0.717, 1.165) is 32.2 Å². The monoisotopic (exact) mass is 264 g/mol. The van der Waals surface area contributed by atoms with Gasteiger partial charge in [-0.15, -0.1) is 0 Å². The number of likely N-dealkylation sites (tertiary alicyclic amines) is 1. The van der Waals surface area contributed by atoms with E-state index in [1.54, 1.807) is 0 Å². The second-order valence-corrected chi connectivity index (χ2v) is 5.95. The molecular weight excluding hydrogens is 236 g/mol. The molecule has 0 spiro atoms. The van der Waals surface area contributed by atoms with Crippen molar-refractivity contribution in [2.45, 2.75) is 45.2 Å². The maximum atomic E-state index is 8.97. The molecular formula is C15H28N4. The van der Waals surface area contributed by atoms with Crippen LogP contribution >= 0.6 is 0 Å². The van der Waals surface area contributed by atoms with Crippen LogP contribution < -0.4 is 0 Å². The minimum atomic E-state index is 0.0774. The van der Waals surface area contributed by atoms with E-state index in [0.29, 0.717) is 0 Å². The molecule has 0 aromatic rings. The molecule has 0 aliphatic carbocycles. The van der Waals surface area contributed by atoms with Crippen molar-refractivity contribution in [2.24, 2.45) is 0 Å². The molecule has 2 aliphatic heterocycles. The molecule has 0 aromatic heterocycles. The fourth-order valence-corrected chi connectivity index (χ4v) is 3.40. The number of nitriles is 1. The highest BCUT2D eigenvalue weighted by molar-refractivity contribution is 4.91. The summed E-state index contributed by atoms with van der Waals surface area (Å²) in [4.78, 5) is 7.57. The van der Waals surface area contributed by atoms with Crippen molar-refractivity contribution in [3.8, 4) is 6.07 Å². The van der Waals surface area contributed by atoms with Gasteiger partial charge in [-0.3, -0.25) is 9.80 Å². The largest absolute Gasteiger partial charge is 0.303 e. The van der Waals surface area contributed by atoms with Crippen molar-refractivity contribution in [3.05, 3.63) is 0 Å². The van der Waals surface area contributed by atoms with Crippen LogP contribution in [0, 0.1) is 11.3 Å². The topological polar surface area (TPSA) is 33.5 Å². The van der Waals surface area contributed by atoms with Crippen molar-refractivity contribution in [1.29, 1.82) is 5.26 Å². The highest BCUT2D eigenvalue weighted by atomic mass is 15.3. The minimum Gasteiger partial charge on any atom is -0.303 e. The van der Waals surface area contributed by atoms with Gasteiger partial charge in [0.2, 0.25) is 0 Å². The van der Waals surface area contributed by atoms with Gasteiger partial charge in [-0.2, -0.15) is 5.26 Å². The third-order valence-corrected chi connectivity index (χ3v) is 4.70. The van der Waals surface area contributed by atoms with Crippen LogP contribution in [0.25, 0.3) is 0 Å². The van der Waals surface area contributed by atoms with E-state index in [4.69, 9.17) is 5.26 Å². The molecule has 0 amide bonds. The van der Waals surface area contributed by atoms with Gasteiger partial charge in [-0.1, -0.05) is 6.92 Å². The van der Waals surface area contributed by atoms with Gasteiger partial charge in [0.25, 0.3) is 0 Å². The molecule has 108 valence electrons. The fourth-order valence-electron chi connectivity index (χ4n) is 3.40. The number of piperazine rings is 1. The smallest absolute Gasteiger partial charge is 0.0950 e. The molecule has 0 aromatic carbocycles. The Balaban J connectivity index is 1.72. The predicted molar refractivity (Wildman–Crippen MR) is 78.0 cm³/mol. The first-order valence-electron chi connectivity index (χ1n) is 7.84. The summed E-state index contributed by atoms with van der Waals surface area (Å²) >= 11 is 0. The first kappa shape index (κ1) is 14.8. The summed E-state index contributed by atoms with van der Waals surface area (Å²) in [6.45, 7) is 12.5. The highest BCUT2D eigenvalue weighted by Crippen LogP contribution is 2.19. The average Bonchev–Trinajstić information content (AvgIpc) is 2.48. The van der Waals surface area contributed by atoms with Crippen LogP contribution in [-0.4, -0.2) is 72.6 Å². The standard InChI is InChI=1S/C15H28N4/c1-3-6-17-7-4-15(5-8-17)19-11-9-18(10-12-19)14(2)13-16/h14-15H,3-12H2,1-2H3. The van der Waals surface area contributed by atoms with Gasteiger partial charge in [0.15, 0.2) is 0 Å². The highest BCUT2D eigenvalue weighted by Gasteiger charge is 2.28. The van der Waals surface area contributed by atoms with E-state index < -0.39 is 0 Å². The molecule has 0 saturated carbocycles. The van der Waals surface area contributed by atoms with Crippen LogP contribution in [0.15, 0.2) is 0 Å². The molecule has 1 atom stereocenters. The third-order valence-electron chi connectivity index (χ3n) is 4.70. The molecule has 0 N–H and O–H groups in total. The van der Waals surface area contributed by atoms with E-state index >= 15 is 0 Å². The summed E-state index contributed by atoms with van der Waals surface area (Å²) in [5.74, 6) is 0. The van der Waals surface area contributed by atoms with Crippen molar-refractivity contribution in [1.82, 2.24) is 14.7 Å². The normalized spacial score (nSPS) is 26.2. The van der Waals surface area contributed by atoms with Crippen molar-refractivity contribution < 1.29 is 0 Å². The van der Waals surface area contributed by atoms with E-state index in [2.05, 4.69) is 27.7 Å². The lowest BCUT2D eigenvalue weighted by Gasteiger charge is -2.43. The van der Waals surface area contributed by atoms with Crippen LogP contribution in [0.1, 0.15) is 33.1 Å². The molecule has 2 aliphatic rings. The Labute approximate surface area is 118 Å². The summed E-state index contributed by atoms with van der Waals surface area (Å²) < 4.78 is 0. The van der Waals surface area contributed by atoms with E-state index in [1.165, 1.54) is 38.9 Å². The van der Waals surface area contributed by atoms with Crippen LogP contribution in [0.2, 0.25) is 0 Å². The lowest BCUT2D eigenvalue weighted by atomic mass is 10.0. The SMILES string of the molecule is CCCN1CCC(N2CCN(C(C)C#N)CC2)CC1. The van der Waals surface area contributed by atoms with Gasteiger partial charge in [0, 0.05) is 32.2 Å². The van der Waals surface area contributed by atoms with Crippen molar-refractivity contribution in [3.63, 3.8) is 0 Å². The molecule has 0 bridgehead atoms. The molecule has 1 unspecified atom stereocenters. The Bertz CT molecular complexity index is 296. The Hall–Kier alpha value is -0.630. The molecule has 19 heavy (non-hydrogen) atoms. The molecule has 0 radical (unpaired) electrons. The Morgan fingerprint density at radius 1 is 1.11 bits per heavy atom. The van der Waals surface area contributed by atoms with Gasteiger partial charge in [0.1, 0.15) is 0 Å². The molecule has 2 rings (SSSR count). The zero-order chi connectivity index (χ0) is 13.7. The number of piperidine rings is 1. The zero-order valence-electron chi connectivity index (χ0n) is 12.5. The Kier molecular flexibility index (Phi) is 5.62. The van der Waals surface area contributed by atoms with Gasteiger partial charge in [-0.25, -0.2) is 0 Å². The minimum absolute atomic E-state index is 0.0774. The number of rotatable bonds is 4. The van der Waals surface area contributed by atoms with Gasteiger partial charge >= 0.3 is 0 Å². The summed E-state index contributed by atoms with van der Waals surface area (Å²) in [5, 5.41) is 8.97. The molecule has 2 saturated heterocycles. The van der Waals surface area contributed by atoms with Crippen LogP contribution in [0.3, 0.4) is 0 Å². The maximum Gasteiger partial charge on any atom is 0.0950 e. The number of nitrogens with zero attached hydrogens (tertiary/aromatic N) is 4. The Morgan fingerprint density at radius 2 is 1.74 bits per heavy atom. The molecule has 2 fully saturated rings. The second kappa shape index (κ2) is 7.23. The van der Waals surface area contributed by atoms with E-state index in [9.17, 15) is 0 Å². The molecule has 4 nitrogen and oxygen atoms in total. The number of hydrogen-bond donors (Lipinski definition) is 0. The lowest BCUT2D eigenvalue weighted by molar-refractivity contribution is 0.0534.